The highest BCUT2D eigenvalue weighted by molar-refractivity contribution is 5.37. The van der Waals surface area contributed by atoms with Crippen LogP contribution >= 0.6 is 0 Å². The van der Waals surface area contributed by atoms with Crippen molar-refractivity contribution >= 4 is 0 Å². The van der Waals surface area contributed by atoms with Crippen LogP contribution < -0.4 is 4.74 Å². The van der Waals surface area contributed by atoms with E-state index in [1.165, 1.54) is 0 Å². The fourth-order valence-corrected chi connectivity index (χ4v) is 2.37. The van der Waals surface area contributed by atoms with E-state index in [2.05, 4.69) is 0 Å². The van der Waals surface area contributed by atoms with Crippen LogP contribution in [0.25, 0.3) is 0 Å². The second-order valence-electron chi connectivity index (χ2n) is 4.81. The van der Waals surface area contributed by atoms with Crippen LogP contribution in [0.15, 0.2) is 42.2 Å². The predicted octanol–water partition coefficient (Wildman–Crippen LogP) is 2.43. The molecular formula is C15H16O4. The van der Waals surface area contributed by atoms with Gasteiger partial charge in [-0.15, -0.1) is 0 Å². The SMILES string of the molecule is OCc1ccc2c(c1)COC(C1C=CC=C(O)C1)O2. The van der Waals surface area contributed by atoms with Gasteiger partial charge in [-0.3, -0.25) is 0 Å². The van der Waals surface area contributed by atoms with Gasteiger partial charge in [0.2, 0.25) is 6.29 Å². The molecule has 1 aliphatic heterocycles. The predicted molar refractivity (Wildman–Crippen MR) is 69.5 cm³/mol. The summed E-state index contributed by atoms with van der Waals surface area (Å²) in [7, 11) is 0. The molecule has 1 aliphatic carbocycles. The van der Waals surface area contributed by atoms with Crippen LogP contribution in [0.1, 0.15) is 17.5 Å². The van der Waals surface area contributed by atoms with Gasteiger partial charge in [-0.1, -0.05) is 18.2 Å². The van der Waals surface area contributed by atoms with E-state index in [0.29, 0.717) is 18.8 Å². The Hall–Kier alpha value is -1.78. The van der Waals surface area contributed by atoms with Crippen LogP contribution in [0, 0.1) is 5.92 Å². The number of benzene rings is 1. The van der Waals surface area contributed by atoms with Crippen molar-refractivity contribution < 1.29 is 19.7 Å². The standard InChI is InChI=1S/C15H16O4/c16-8-10-4-5-14-12(6-10)9-18-15(19-14)11-2-1-3-13(17)7-11/h1-6,11,15-17H,7-9H2. The Bertz CT molecular complexity index is 533. The molecule has 0 aromatic heterocycles. The number of hydrogen-bond acceptors (Lipinski definition) is 4. The molecule has 0 saturated heterocycles. The first-order valence-electron chi connectivity index (χ1n) is 6.33. The molecule has 2 atom stereocenters. The Morgan fingerprint density at radius 1 is 1.32 bits per heavy atom. The summed E-state index contributed by atoms with van der Waals surface area (Å²) in [6.45, 7) is 0.476. The van der Waals surface area contributed by atoms with Crippen molar-refractivity contribution in [1.29, 1.82) is 0 Å². The fourth-order valence-electron chi connectivity index (χ4n) is 2.37. The van der Waals surface area contributed by atoms with E-state index in [-0.39, 0.29) is 18.8 Å². The lowest BCUT2D eigenvalue weighted by Crippen LogP contribution is -2.33. The summed E-state index contributed by atoms with van der Waals surface area (Å²) in [6, 6.07) is 5.59. The average molecular weight is 260 g/mol. The minimum absolute atomic E-state index is 0.0146. The minimum Gasteiger partial charge on any atom is -0.512 e. The minimum atomic E-state index is -0.375. The number of ether oxygens (including phenoxy) is 2. The number of rotatable bonds is 2. The summed E-state index contributed by atoms with van der Waals surface area (Å²) < 4.78 is 11.5. The molecular weight excluding hydrogens is 244 g/mol. The fraction of sp³-hybridized carbons (Fsp3) is 0.333. The third-order valence-electron chi connectivity index (χ3n) is 3.40. The van der Waals surface area contributed by atoms with Gasteiger partial charge in [0.05, 0.1) is 19.0 Å². The Labute approximate surface area is 111 Å². The molecule has 1 aromatic rings. The topological polar surface area (TPSA) is 58.9 Å². The van der Waals surface area contributed by atoms with Gasteiger partial charge in [0.15, 0.2) is 0 Å². The molecule has 0 spiro atoms. The Morgan fingerprint density at radius 3 is 3.00 bits per heavy atom. The second kappa shape index (κ2) is 5.07. The molecule has 1 aromatic carbocycles. The highest BCUT2D eigenvalue weighted by Gasteiger charge is 2.28. The van der Waals surface area contributed by atoms with Gasteiger partial charge in [0.1, 0.15) is 5.75 Å². The quantitative estimate of drug-likeness (QED) is 0.857. The molecule has 1 heterocycles. The highest BCUT2D eigenvalue weighted by Crippen LogP contribution is 2.32. The van der Waals surface area contributed by atoms with Gasteiger partial charge in [-0.25, -0.2) is 0 Å². The smallest absolute Gasteiger partial charge is 0.206 e. The van der Waals surface area contributed by atoms with Crippen molar-refractivity contribution in [1.82, 2.24) is 0 Å². The molecule has 0 saturated carbocycles. The summed E-state index contributed by atoms with van der Waals surface area (Å²) in [4.78, 5) is 0. The maximum atomic E-state index is 9.54. The van der Waals surface area contributed by atoms with Gasteiger partial charge in [-0.05, 0) is 23.8 Å². The highest BCUT2D eigenvalue weighted by atomic mass is 16.7. The Kier molecular flexibility index (Phi) is 3.27. The van der Waals surface area contributed by atoms with Gasteiger partial charge >= 0.3 is 0 Å². The van der Waals surface area contributed by atoms with E-state index in [1.807, 2.05) is 30.4 Å². The Balaban J connectivity index is 1.76. The van der Waals surface area contributed by atoms with Crippen molar-refractivity contribution in [2.24, 2.45) is 5.92 Å². The van der Waals surface area contributed by atoms with Crippen molar-refractivity contribution in [2.75, 3.05) is 0 Å². The van der Waals surface area contributed by atoms with E-state index in [4.69, 9.17) is 14.6 Å². The van der Waals surface area contributed by atoms with Gasteiger partial charge < -0.3 is 19.7 Å². The lowest BCUT2D eigenvalue weighted by Gasteiger charge is -2.31. The largest absolute Gasteiger partial charge is 0.512 e. The van der Waals surface area contributed by atoms with E-state index < -0.39 is 0 Å². The molecule has 100 valence electrons. The molecule has 2 N–H and O–H groups in total. The molecule has 19 heavy (non-hydrogen) atoms. The van der Waals surface area contributed by atoms with E-state index in [0.717, 1.165) is 16.9 Å². The first-order chi connectivity index (χ1) is 9.26. The maximum Gasteiger partial charge on any atom is 0.206 e. The van der Waals surface area contributed by atoms with Gasteiger partial charge in [0, 0.05) is 17.9 Å². The molecule has 3 rings (SSSR count). The zero-order valence-corrected chi connectivity index (χ0v) is 10.5. The lowest BCUT2D eigenvalue weighted by molar-refractivity contribution is -0.131. The van der Waals surface area contributed by atoms with Crippen LogP contribution in [0.2, 0.25) is 0 Å². The summed E-state index contributed by atoms with van der Waals surface area (Å²) in [5.41, 5.74) is 1.80. The molecule has 4 heteroatoms. The summed E-state index contributed by atoms with van der Waals surface area (Å²) in [6.07, 6.45) is 5.64. The molecule has 0 fully saturated rings. The van der Waals surface area contributed by atoms with Crippen molar-refractivity contribution in [3.63, 3.8) is 0 Å². The van der Waals surface area contributed by atoms with Crippen molar-refractivity contribution in [2.45, 2.75) is 25.9 Å². The zero-order chi connectivity index (χ0) is 13.2. The zero-order valence-electron chi connectivity index (χ0n) is 10.5. The van der Waals surface area contributed by atoms with Crippen LogP contribution in [0.4, 0.5) is 0 Å². The van der Waals surface area contributed by atoms with Crippen LogP contribution in [0.5, 0.6) is 5.75 Å². The van der Waals surface area contributed by atoms with E-state index >= 15 is 0 Å². The lowest BCUT2D eigenvalue weighted by atomic mass is 9.98. The van der Waals surface area contributed by atoms with Crippen LogP contribution in [-0.2, 0) is 18.0 Å². The maximum absolute atomic E-state index is 9.54. The van der Waals surface area contributed by atoms with Gasteiger partial charge in [-0.2, -0.15) is 0 Å². The van der Waals surface area contributed by atoms with Gasteiger partial charge in [0.25, 0.3) is 0 Å². The van der Waals surface area contributed by atoms with Crippen molar-refractivity contribution in [3.05, 3.63) is 53.3 Å². The molecule has 0 bridgehead atoms. The molecule has 0 radical (unpaired) electrons. The number of aliphatic hydroxyl groups excluding tert-OH is 2. The number of hydrogen-bond donors (Lipinski definition) is 2. The second-order valence-corrected chi connectivity index (χ2v) is 4.81. The third kappa shape index (κ3) is 2.50. The average Bonchev–Trinajstić information content (AvgIpc) is 2.46. The monoisotopic (exact) mass is 260 g/mol. The van der Waals surface area contributed by atoms with E-state index in [9.17, 15) is 5.11 Å². The molecule has 2 aliphatic rings. The normalized spacial score (nSPS) is 25.4. The van der Waals surface area contributed by atoms with E-state index in [1.54, 1.807) is 6.08 Å². The summed E-state index contributed by atoms with van der Waals surface area (Å²) in [5, 5.41) is 18.6. The summed E-state index contributed by atoms with van der Waals surface area (Å²) in [5.74, 6) is 1.16. The number of fused-ring (bicyclic) bond motifs is 1. The summed E-state index contributed by atoms with van der Waals surface area (Å²) >= 11 is 0. The van der Waals surface area contributed by atoms with Crippen molar-refractivity contribution in [3.8, 4) is 5.75 Å². The molecule has 2 unspecified atom stereocenters. The number of aliphatic hydroxyl groups is 2. The number of allylic oxidation sites excluding steroid dienone is 3. The molecule has 4 nitrogen and oxygen atoms in total. The first kappa shape index (κ1) is 12.3. The molecule has 0 amide bonds. The van der Waals surface area contributed by atoms with Crippen LogP contribution in [-0.4, -0.2) is 16.5 Å². The third-order valence-corrected chi connectivity index (χ3v) is 3.40. The van der Waals surface area contributed by atoms with Crippen LogP contribution in [0.3, 0.4) is 0 Å². The first-order valence-corrected chi connectivity index (χ1v) is 6.33. The Morgan fingerprint density at radius 2 is 2.21 bits per heavy atom.